The topological polar surface area (TPSA) is 82.1 Å². The molecule has 2 aromatic rings. The van der Waals surface area contributed by atoms with Gasteiger partial charge >= 0.3 is 5.97 Å². The van der Waals surface area contributed by atoms with Crippen molar-refractivity contribution in [2.75, 3.05) is 20.4 Å². The normalized spacial score (nSPS) is 12.8. The van der Waals surface area contributed by atoms with Gasteiger partial charge in [0, 0.05) is 0 Å². The highest BCUT2D eigenvalue weighted by Gasteiger charge is 2.35. The van der Waals surface area contributed by atoms with Crippen molar-refractivity contribution in [3.63, 3.8) is 0 Å². The summed E-state index contributed by atoms with van der Waals surface area (Å²) in [5.74, 6) is -0.819. The summed E-state index contributed by atoms with van der Waals surface area (Å²) < 4.78 is 16.6. The molecule has 0 bridgehead atoms. The highest BCUT2D eigenvalue weighted by Crippen LogP contribution is 2.37. The lowest BCUT2D eigenvalue weighted by Crippen LogP contribution is -2.33. The fraction of sp³-hybridized carbons (Fsp3) is 0.250. The van der Waals surface area contributed by atoms with E-state index in [1.54, 1.807) is 24.3 Å². The molecule has 2 amide bonds. The van der Waals surface area contributed by atoms with Crippen LogP contribution < -0.4 is 9.47 Å². The van der Waals surface area contributed by atoms with Crippen molar-refractivity contribution in [1.29, 1.82) is 0 Å². The molecule has 146 valence electrons. The number of carbonyl (C=O) groups excluding carboxylic acids is 3. The van der Waals surface area contributed by atoms with E-state index in [-0.39, 0.29) is 5.56 Å². The highest BCUT2D eigenvalue weighted by atomic mass is 79.9. The second-order valence-corrected chi connectivity index (χ2v) is 6.84. The van der Waals surface area contributed by atoms with E-state index in [1.165, 1.54) is 19.2 Å². The highest BCUT2D eigenvalue weighted by molar-refractivity contribution is 9.10. The van der Waals surface area contributed by atoms with E-state index in [0.29, 0.717) is 33.7 Å². The Bertz CT molecular complexity index is 907. The van der Waals surface area contributed by atoms with E-state index in [9.17, 15) is 14.4 Å². The molecule has 0 aliphatic carbocycles. The van der Waals surface area contributed by atoms with E-state index >= 15 is 0 Å². The quantitative estimate of drug-likeness (QED) is 0.475. The van der Waals surface area contributed by atoms with Crippen molar-refractivity contribution in [3.8, 4) is 11.5 Å². The van der Waals surface area contributed by atoms with E-state index in [4.69, 9.17) is 14.2 Å². The van der Waals surface area contributed by atoms with Crippen LogP contribution in [0.3, 0.4) is 0 Å². The van der Waals surface area contributed by atoms with Crippen molar-refractivity contribution >= 4 is 33.7 Å². The number of fused-ring (bicyclic) bond motifs is 1. The average Bonchev–Trinajstić information content (AvgIpc) is 2.95. The number of methoxy groups -OCH3 is 1. The van der Waals surface area contributed by atoms with Crippen molar-refractivity contribution in [3.05, 3.63) is 57.6 Å². The number of rotatable bonds is 7. The van der Waals surface area contributed by atoms with Gasteiger partial charge in [-0.05, 0) is 46.6 Å². The molecule has 0 spiro atoms. The van der Waals surface area contributed by atoms with Gasteiger partial charge in [-0.2, -0.15) is 0 Å². The number of imide groups is 1. The number of benzene rings is 2. The first-order chi connectivity index (χ1) is 13.5. The number of amides is 2. The fourth-order valence-electron chi connectivity index (χ4n) is 2.74. The van der Waals surface area contributed by atoms with E-state index in [0.717, 1.165) is 11.3 Å². The maximum Gasteiger partial charge on any atom is 0.340 e. The molecule has 0 atom stereocenters. The Morgan fingerprint density at radius 3 is 2.32 bits per heavy atom. The maximum absolute atomic E-state index is 12.4. The van der Waals surface area contributed by atoms with Gasteiger partial charge in [-0.3, -0.25) is 9.59 Å². The van der Waals surface area contributed by atoms with Crippen LogP contribution in [0.1, 0.15) is 44.4 Å². The Hall–Kier alpha value is -2.87. The lowest BCUT2D eigenvalue weighted by Gasteiger charge is -2.16. The third kappa shape index (κ3) is 3.73. The third-order valence-corrected chi connectivity index (χ3v) is 4.71. The van der Waals surface area contributed by atoms with Gasteiger partial charge < -0.3 is 14.2 Å². The van der Waals surface area contributed by atoms with Gasteiger partial charge in [-0.1, -0.05) is 19.1 Å². The molecule has 7 nitrogen and oxygen atoms in total. The van der Waals surface area contributed by atoms with Crippen LogP contribution in [0.25, 0.3) is 0 Å². The maximum atomic E-state index is 12.4. The lowest BCUT2D eigenvalue weighted by atomic mass is 10.1. The first-order valence-corrected chi connectivity index (χ1v) is 9.39. The number of hydrogen-bond donors (Lipinski definition) is 0. The Labute approximate surface area is 170 Å². The van der Waals surface area contributed by atoms with Gasteiger partial charge in [0.05, 0.1) is 34.9 Å². The van der Waals surface area contributed by atoms with Crippen molar-refractivity contribution in [1.82, 2.24) is 4.90 Å². The van der Waals surface area contributed by atoms with Gasteiger partial charge in [-0.25, -0.2) is 9.69 Å². The first kappa shape index (κ1) is 19.9. The van der Waals surface area contributed by atoms with Crippen LogP contribution in [0, 0.1) is 0 Å². The Balaban J connectivity index is 1.73. The summed E-state index contributed by atoms with van der Waals surface area (Å²) in [6, 6.07) is 9.50. The van der Waals surface area contributed by atoms with E-state index < -0.39 is 24.5 Å². The van der Waals surface area contributed by atoms with E-state index in [2.05, 4.69) is 15.9 Å². The minimum absolute atomic E-state index is 0.198. The summed E-state index contributed by atoms with van der Waals surface area (Å²) in [6.45, 7) is 2.00. The first-order valence-electron chi connectivity index (χ1n) is 8.60. The van der Waals surface area contributed by atoms with Crippen molar-refractivity contribution < 1.29 is 28.6 Å². The smallest absolute Gasteiger partial charge is 0.340 e. The SMILES string of the molecule is CCCOc1c(Br)cc(C(=O)OCN2C(=O)c3ccccc3C2=O)cc1OC. The zero-order valence-electron chi connectivity index (χ0n) is 15.4. The van der Waals surface area contributed by atoms with Crippen molar-refractivity contribution in [2.24, 2.45) is 0 Å². The predicted molar refractivity (Wildman–Crippen MR) is 104 cm³/mol. The standard InChI is InChI=1S/C20H18BrNO6/c1-3-8-27-17-15(21)9-12(10-16(17)26-2)20(25)28-11-22-18(23)13-6-4-5-7-14(13)19(22)24/h4-7,9-10H,3,8,11H2,1-2H3. The molecule has 0 fully saturated rings. The van der Waals surface area contributed by atoms with Gasteiger partial charge in [-0.15, -0.1) is 0 Å². The predicted octanol–water partition coefficient (Wildman–Crippen LogP) is 3.66. The Morgan fingerprint density at radius 2 is 1.75 bits per heavy atom. The zero-order chi connectivity index (χ0) is 20.3. The van der Waals surface area contributed by atoms with Crippen LogP contribution in [0.15, 0.2) is 40.9 Å². The molecule has 1 aliphatic heterocycles. The summed E-state index contributed by atoms with van der Waals surface area (Å²) in [5.41, 5.74) is 0.792. The van der Waals surface area contributed by atoms with E-state index in [1.807, 2.05) is 6.92 Å². The minimum atomic E-state index is -0.697. The zero-order valence-corrected chi connectivity index (χ0v) is 16.9. The molecule has 0 unspecified atom stereocenters. The molecule has 1 heterocycles. The molecule has 8 heteroatoms. The molecular weight excluding hydrogens is 430 g/mol. The molecule has 0 aromatic heterocycles. The van der Waals surface area contributed by atoms with Crippen LogP contribution in [0.5, 0.6) is 11.5 Å². The number of esters is 1. The summed E-state index contributed by atoms with van der Waals surface area (Å²) in [5, 5.41) is 0. The van der Waals surface area contributed by atoms with Gasteiger partial charge in [0.1, 0.15) is 0 Å². The molecule has 3 rings (SSSR count). The van der Waals surface area contributed by atoms with Crippen molar-refractivity contribution in [2.45, 2.75) is 13.3 Å². The Morgan fingerprint density at radius 1 is 1.11 bits per heavy atom. The van der Waals surface area contributed by atoms with Gasteiger partial charge in [0.15, 0.2) is 18.2 Å². The second kappa shape index (κ2) is 8.43. The molecule has 0 radical (unpaired) electrons. The largest absolute Gasteiger partial charge is 0.493 e. The van der Waals surface area contributed by atoms with Crippen LogP contribution in [-0.4, -0.2) is 43.1 Å². The lowest BCUT2D eigenvalue weighted by molar-refractivity contribution is 0.0227. The van der Waals surface area contributed by atoms with Crippen LogP contribution in [0.2, 0.25) is 0 Å². The van der Waals surface area contributed by atoms with Gasteiger partial charge in [0.25, 0.3) is 11.8 Å². The fourth-order valence-corrected chi connectivity index (χ4v) is 3.30. The molecule has 0 saturated carbocycles. The monoisotopic (exact) mass is 447 g/mol. The third-order valence-electron chi connectivity index (χ3n) is 4.12. The molecular formula is C20H18BrNO6. The summed E-state index contributed by atoms with van der Waals surface area (Å²) in [7, 11) is 1.47. The van der Waals surface area contributed by atoms with Crippen LogP contribution in [-0.2, 0) is 4.74 Å². The summed E-state index contributed by atoms with van der Waals surface area (Å²) in [4.78, 5) is 38.0. The number of ether oxygens (including phenoxy) is 3. The molecule has 0 saturated heterocycles. The van der Waals surface area contributed by atoms with Crippen LogP contribution >= 0.6 is 15.9 Å². The van der Waals surface area contributed by atoms with Crippen LogP contribution in [0.4, 0.5) is 0 Å². The molecule has 2 aromatic carbocycles. The number of hydrogen-bond acceptors (Lipinski definition) is 6. The van der Waals surface area contributed by atoms with Gasteiger partial charge in [0.2, 0.25) is 0 Å². The molecule has 0 N–H and O–H groups in total. The second-order valence-electron chi connectivity index (χ2n) is 5.98. The number of halogens is 1. The summed E-state index contributed by atoms with van der Waals surface area (Å²) in [6.07, 6.45) is 0.819. The minimum Gasteiger partial charge on any atom is -0.493 e. The summed E-state index contributed by atoms with van der Waals surface area (Å²) >= 11 is 3.36. The number of nitrogens with zero attached hydrogens (tertiary/aromatic N) is 1. The molecule has 28 heavy (non-hydrogen) atoms. The average molecular weight is 448 g/mol. The molecule has 1 aliphatic rings. The Kier molecular flexibility index (Phi) is 5.99. The number of carbonyl (C=O) groups is 3.